The fourth-order valence-electron chi connectivity index (χ4n) is 3.61. The molecule has 2 aromatic rings. The molecule has 146 valence electrons. The van der Waals surface area contributed by atoms with Gasteiger partial charge in [0, 0.05) is 43.5 Å². The van der Waals surface area contributed by atoms with Gasteiger partial charge in [-0.2, -0.15) is 0 Å². The number of fused-ring (bicyclic) bond motifs is 2. The van der Waals surface area contributed by atoms with Crippen molar-refractivity contribution in [1.29, 1.82) is 0 Å². The van der Waals surface area contributed by atoms with Gasteiger partial charge in [0.1, 0.15) is 24.0 Å². The third-order valence-electron chi connectivity index (χ3n) is 5.02. The molecule has 0 fully saturated rings. The predicted octanol–water partition coefficient (Wildman–Crippen LogP) is 3.94. The van der Waals surface area contributed by atoms with Crippen LogP contribution >= 0.6 is 0 Å². The van der Waals surface area contributed by atoms with Crippen molar-refractivity contribution in [1.82, 2.24) is 4.90 Å². The molecule has 6 heteroatoms. The monoisotopic (exact) mass is 383 g/mol. The van der Waals surface area contributed by atoms with E-state index in [2.05, 4.69) is 4.90 Å². The van der Waals surface area contributed by atoms with Gasteiger partial charge in [-0.25, -0.2) is 4.39 Å². The molecule has 0 atom stereocenters. The lowest BCUT2D eigenvalue weighted by molar-refractivity contribution is 0.0826. The van der Waals surface area contributed by atoms with Gasteiger partial charge in [0.2, 0.25) is 5.78 Å². The van der Waals surface area contributed by atoms with E-state index in [4.69, 9.17) is 14.2 Å². The molecule has 2 aliphatic heterocycles. The predicted molar refractivity (Wildman–Crippen MR) is 103 cm³/mol. The van der Waals surface area contributed by atoms with E-state index in [1.807, 2.05) is 13.0 Å². The molecule has 0 amide bonds. The Balaban J connectivity index is 1.62. The minimum Gasteiger partial charge on any atom is -0.477 e. The maximum Gasteiger partial charge on any atom is 0.231 e. The number of carbonyl (C=O) groups is 1. The third kappa shape index (κ3) is 3.41. The Morgan fingerprint density at radius 1 is 1.29 bits per heavy atom. The molecule has 5 nitrogen and oxygen atoms in total. The zero-order valence-electron chi connectivity index (χ0n) is 16.0. The van der Waals surface area contributed by atoms with Crippen molar-refractivity contribution in [2.45, 2.75) is 19.9 Å². The second-order valence-corrected chi connectivity index (χ2v) is 7.00. The van der Waals surface area contributed by atoms with Crippen LogP contribution in [0.15, 0.2) is 36.1 Å². The molecule has 2 aromatic carbocycles. The molecule has 0 bridgehead atoms. The smallest absolute Gasteiger partial charge is 0.231 e. The van der Waals surface area contributed by atoms with Gasteiger partial charge >= 0.3 is 0 Å². The summed E-state index contributed by atoms with van der Waals surface area (Å²) in [4.78, 5) is 15.0. The number of nitrogens with zero attached hydrogens (tertiary/aromatic N) is 1. The van der Waals surface area contributed by atoms with Gasteiger partial charge in [-0.1, -0.05) is 18.2 Å². The molecular formula is C22H22FNO4. The van der Waals surface area contributed by atoms with Crippen LogP contribution in [-0.4, -0.2) is 37.7 Å². The van der Waals surface area contributed by atoms with Crippen LogP contribution in [-0.2, 0) is 11.3 Å². The number of hydrogen-bond donors (Lipinski definition) is 0. The topological polar surface area (TPSA) is 48.0 Å². The van der Waals surface area contributed by atoms with Crippen LogP contribution in [0.2, 0.25) is 0 Å². The van der Waals surface area contributed by atoms with E-state index in [0.29, 0.717) is 36.8 Å². The normalized spacial score (nSPS) is 17.2. The highest BCUT2D eigenvalue weighted by Gasteiger charge is 2.33. The zero-order valence-corrected chi connectivity index (χ0v) is 16.0. The summed E-state index contributed by atoms with van der Waals surface area (Å²) in [6, 6.07) is 8.13. The van der Waals surface area contributed by atoms with Crippen molar-refractivity contribution >= 4 is 11.9 Å². The van der Waals surface area contributed by atoms with Gasteiger partial charge in [-0.15, -0.1) is 0 Å². The van der Waals surface area contributed by atoms with Crippen LogP contribution in [0.25, 0.3) is 6.08 Å². The molecule has 0 aliphatic carbocycles. The highest BCUT2D eigenvalue weighted by Crippen LogP contribution is 2.43. The molecule has 2 heterocycles. The zero-order chi connectivity index (χ0) is 19.7. The van der Waals surface area contributed by atoms with Crippen molar-refractivity contribution in [2.24, 2.45) is 0 Å². The van der Waals surface area contributed by atoms with Crippen LogP contribution in [0.4, 0.5) is 4.39 Å². The summed E-state index contributed by atoms with van der Waals surface area (Å²) >= 11 is 0. The first-order valence-corrected chi connectivity index (χ1v) is 9.28. The lowest BCUT2D eigenvalue weighted by Gasteiger charge is -2.30. The van der Waals surface area contributed by atoms with Crippen LogP contribution in [0.5, 0.6) is 11.5 Å². The first-order chi connectivity index (χ1) is 13.6. The highest BCUT2D eigenvalue weighted by molar-refractivity contribution is 6.15. The van der Waals surface area contributed by atoms with Crippen LogP contribution in [0.3, 0.4) is 0 Å². The lowest BCUT2D eigenvalue weighted by Crippen LogP contribution is -2.33. The Morgan fingerprint density at radius 2 is 2.11 bits per heavy atom. The Labute approximate surface area is 163 Å². The summed E-state index contributed by atoms with van der Waals surface area (Å²) in [5.41, 5.74) is 2.58. The first kappa shape index (κ1) is 18.7. The summed E-state index contributed by atoms with van der Waals surface area (Å²) in [5, 5.41) is 0. The largest absolute Gasteiger partial charge is 0.477 e. The van der Waals surface area contributed by atoms with Gasteiger partial charge in [-0.05, 0) is 31.6 Å². The number of Topliss-reactive ketones (excluding diaryl/α,β-unsaturated/α-hetero) is 1. The van der Waals surface area contributed by atoms with E-state index in [0.717, 1.165) is 29.8 Å². The fraction of sp³-hybridized carbons (Fsp3) is 0.318. The van der Waals surface area contributed by atoms with Crippen molar-refractivity contribution in [3.05, 3.63) is 64.2 Å². The second kappa shape index (κ2) is 7.73. The maximum absolute atomic E-state index is 13.9. The molecule has 0 spiro atoms. The molecule has 28 heavy (non-hydrogen) atoms. The van der Waals surface area contributed by atoms with Crippen LogP contribution in [0.1, 0.15) is 33.5 Å². The van der Waals surface area contributed by atoms with E-state index in [-0.39, 0.29) is 11.5 Å². The Hall–Kier alpha value is -2.70. The van der Waals surface area contributed by atoms with Crippen molar-refractivity contribution in [3.63, 3.8) is 0 Å². The Bertz CT molecular complexity index is 954. The molecule has 2 aliphatic rings. The summed E-state index contributed by atoms with van der Waals surface area (Å²) in [7, 11) is 1.69. The molecule has 0 saturated heterocycles. The molecule has 0 unspecified atom stereocenters. The maximum atomic E-state index is 13.9. The van der Waals surface area contributed by atoms with Gasteiger partial charge in [0.05, 0.1) is 5.56 Å². The van der Waals surface area contributed by atoms with E-state index in [9.17, 15) is 9.18 Å². The summed E-state index contributed by atoms with van der Waals surface area (Å²) in [5.74, 6) is 0.761. The number of methoxy groups -OCH3 is 1. The van der Waals surface area contributed by atoms with Gasteiger partial charge in [-0.3, -0.25) is 9.69 Å². The van der Waals surface area contributed by atoms with Crippen LogP contribution < -0.4 is 9.47 Å². The van der Waals surface area contributed by atoms with Crippen molar-refractivity contribution in [3.8, 4) is 11.5 Å². The van der Waals surface area contributed by atoms with Gasteiger partial charge in [0.15, 0.2) is 5.76 Å². The summed E-state index contributed by atoms with van der Waals surface area (Å²) in [6.45, 7) is 4.63. The van der Waals surface area contributed by atoms with Gasteiger partial charge < -0.3 is 14.2 Å². The Morgan fingerprint density at radius 3 is 2.89 bits per heavy atom. The second-order valence-electron chi connectivity index (χ2n) is 7.00. The third-order valence-corrected chi connectivity index (χ3v) is 5.02. The number of benzene rings is 2. The van der Waals surface area contributed by atoms with Gasteiger partial charge in [0.25, 0.3) is 0 Å². The first-order valence-electron chi connectivity index (χ1n) is 9.28. The average molecular weight is 383 g/mol. The highest BCUT2D eigenvalue weighted by atomic mass is 19.1. The van der Waals surface area contributed by atoms with Crippen LogP contribution in [0, 0.1) is 12.7 Å². The molecule has 0 saturated carbocycles. The number of halogens is 1. The average Bonchev–Trinajstić information content (AvgIpc) is 3.00. The van der Waals surface area contributed by atoms with E-state index in [1.54, 1.807) is 25.3 Å². The summed E-state index contributed by atoms with van der Waals surface area (Å²) in [6.07, 6.45) is 2.37. The number of ketones is 1. The molecule has 0 N–H and O–H groups in total. The minimum absolute atomic E-state index is 0.127. The van der Waals surface area contributed by atoms with E-state index in [1.165, 1.54) is 12.1 Å². The molecule has 0 radical (unpaired) electrons. The fourth-order valence-corrected chi connectivity index (χ4v) is 3.61. The Kier molecular flexibility index (Phi) is 5.15. The molecule has 0 aromatic heterocycles. The van der Waals surface area contributed by atoms with E-state index >= 15 is 0 Å². The quantitative estimate of drug-likeness (QED) is 0.578. The number of rotatable bonds is 5. The molecular weight excluding hydrogens is 361 g/mol. The number of ether oxygens (including phenoxy) is 3. The number of hydrogen-bond acceptors (Lipinski definition) is 5. The summed E-state index contributed by atoms with van der Waals surface area (Å²) < 4.78 is 30.8. The van der Waals surface area contributed by atoms with Crippen molar-refractivity contribution < 1.29 is 23.4 Å². The standard InChI is InChI=1S/C22H22FNO4/c1-14-21-16(12-24(13-27-21)8-5-9-26-2)10-17-20(25)19(28-22(14)17)11-15-6-3-4-7-18(15)23/h3-4,6-7,10-11H,5,8-9,12-13H2,1-2H3/b19-11-. The lowest BCUT2D eigenvalue weighted by atomic mass is 10.00. The minimum atomic E-state index is -0.395. The molecule has 4 rings (SSSR count). The van der Waals surface area contributed by atoms with Crippen molar-refractivity contribution in [2.75, 3.05) is 27.0 Å². The van der Waals surface area contributed by atoms with E-state index < -0.39 is 5.82 Å². The number of allylic oxidation sites excluding steroid dienone is 1. The number of carbonyl (C=O) groups excluding carboxylic acids is 1. The SMILES string of the molecule is COCCCN1COc2c(cc3c(c2C)O/C(=C\c2ccccc2F)C3=O)C1.